The molecule has 5 rings (SSSR count). The normalized spacial score (nSPS) is 39.2. The summed E-state index contributed by atoms with van der Waals surface area (Å²) >= 11 is 6.02. The maximum atomic E-state index is 6.27. The molecule has 2 aliphatic carbocycles. The largest absolute Gasteiger partial charge is 0.382 e. The number of hydrogen-bond donors (Lipinski definition) is 1. The minimum atomic E-state index is -0.564. The number of fused-ring (bicyclic) bond motifs is 4. The molecule has 2 aromatic heterocycles. The fraction of sp³-hybridized carbons (Fsp3) is 0.688. The lowest BCUT2D eigenvalue weighted by Gasteiger charge is -2.24. The number of rotatable bonds is 2. The molecule has 0 spiro atoms. The summed E-state index contributed by atoms with van der Waals surface area (Å²) in [6.45, 7) is 6.19. The monoisotopic (exact) mass is 349 g/mol. The van der Waals surface area contributed by atoms with Gasteiger partial charge < -0.3 is 19.8 Å². The Morgan fingerprint density at radius 1 is 1.38 bits per heavy atom. The van der Waals surface area contributed by atoms with Crippen molar-refractivity contribution in [2.45, 2.75) is 57.6 Å². The van der Waals surface area contributed by atoms with Crippen molar-refractivity contribution in [3.8, 4) is 0 Å². The van der Waals surface area contributed by atoms with E-state index in [1.54, 1.807) is 6.33 Å². The molecule has 3 fully saturated rings. The Balaban J connectivity index is 1.65. The number of ether oxygens (including phenoxy) is 2. The molecule has 5 atom stereocenters. The summed E-state index contributed by atoms with van der Waals surface area (Å²) in [5.74, 6) is 0.242. The number of nitrogens with zero attached hydrogens (tertiary/aromatic N) is 4. The SMILES string of the molecule is CC[C@@]12C[C@@H]1[C@@H](n1cnc3c(N)nc(Cl)nc31)[C@H]1OC(C)(C)OC12. The number of hydrogen-bond acceptors (Lipinski definition) is 6. The molecule has 0 bridgehead atoms. The van der Waals surface area contributed by atoms with Crippen molar-refractivity contribution in [2.24, 2.45) is 11.3 Å². The van der Waals surface area contributed by atoms with Crippen molar-refractivity contribution >= 4 is 28.6 Å². The summed E-state index contributed by atoms with van der Waals surface area (Å²) in [5.41, 5.74) is 7.40. The summed E-state index contributed by atoms with van der Waals surface area (Å²) in [7, 11) is 0. The quantitative estimate of drug-likeness (QED) is 0.838. The Kier molecular flexibility index (Phi) is 2.72. The third-order valence-electron chi connectivity index (χ3n) is 6.02. The van der Waals surface area contributed by atoms with Crippen LogP contribution in [0.5, 0.6) is 0 Å². The van der Waals surface area contributed by atoms with Gasteiger partial charge in [-0.3, -0.25) is 0 Å². The summed E-state index contributed by atoms with van der Waals surface area (Å²) in [5, 5.41) is 0.137. The first kappa shape index (κ1) is 14.9. The van der Waals surface area contributed by atoms with Gasteiger partial charge in [-0.1, -0.05) is 6.92 Å². The predicted octanol–water partition coefficient (Wildman–Crippen LogP) is 2.55. The van der Waals surface area contributed by atoms with E-state index in [2.05, 4.69) is 26.4 Å². The van der Waals surface area contributed by atoms with E-state index in [1.165, 1.54) is 0 Å². The summed E-state index contributed by atoms with van der Waals surface area (Å²) in [6.07, 6.45) is 4.11. The van der Waals surface area contributed by atoms with Gasteiger partial charge in [0, 0.05) is 5.41 Å². The van der Waals surface area contributed by atoms with Crippen molar-refractivity contribution < 1.29 is 9.47 Å². The summed E-state index contributed by atoms with van der Waals surface area (Å²) < 4.78 is 14.6. The van der Waals surface area contributed by atoms with Crippen molar-refractivity contribution in [2.75, 3.05) is 5.73 Å². The first-order chi connectivity index (χ1) is 11.4. The zero-order chi connectivity index (χ0) is 16.9. The molecule has 128 valence electrons. The van der Waals surface area contributed by atoms with Gasteiger partial charge in [0.25, 0.3) is 0 Å². The molecule has 2 N–H and O–H groups in total. The minimum absolute atomic E-state index is 0.00827. The zero-order valence-corrected chi connectivity index (χ0v) is 14.6. The average molecular weight is 350 g/mol. The Labute approximate surface area is 144 Å². The highest BCUT2D eigenvalue weighted by Gasteiger charge is 2.75. The second kappa shape index (κ2) is 4.39. The number of anilines is 1. The van der Waals surface area contributed by atoms with Crippen LogP contribution in [0.2, 0.25) is 5.28 Å². The molecule has 1 aliphatic heterocycles. The Bertz CT molecular complexity index is 852. The van der Waals surface area contributed by atoms with E-state index in [-0.39, 0.29) is 28.9 Å². The molecule has 1 unspecified atom stereocenters. The molecule has 3 aliphatic rings. The molecule has 2 aromatic rings. The summed E-state index contributed by atoms with van der Waals surface area (Å²) in [4.78, 5) is 12.8. The second-order valence-electron chi connectivity index (χ2n) is 7.61. The molecule has 0 amide bonds. The number of nitrogen functional groups attached to an aromatic ring is 1. The maximum absolute atomic E-state index is 6.27. The van der Waals surface area contributed by atoms with Gasteiger partial charge >= 0.3 is 0 Å². The first-order valence-electron chi connectivity index (χ1n) is 8.37. The highest BCUT2D eigenvalue weighted by Crippen LogP contribution is 2.73. The third-order valence-corrected chi connectivity index (χ3v) is 6.19. The number of aromatic nitrogens is 4. The van der Waals surface area contributed by atoms with Crippen molar-refractivity contribution in [3.05, 3.63) is 11.6 Å². The standard InChI is InChI=1S/C16H20ClN5O2/c1-4-16-5-7(16)9(10-11(16)24-15(2,3)23-10)22-6-19-8-12(18)20-14(17)21-13(8)22/h6-7,9-11H,4-5H2,1-3H3,(H2,18,20,21)/t7-,9-,10-,11?,16-/m1/s1. The lowest BCUT2D eigenvalue weighted by molar-refractivity contribution is -0.161. The highest BCUT2D eigenvalue weighted by atomic mass is 35.5. The molecular formula is C16H20ClN5O2. The van der Waals surface area contributed by atoms with Crippen LogP contribution < -0.4 is 5.73 Å². The van der Waals surface area contributed by atoms with E-state index in [0.29, 0.717) is 22.9 Å². The van der Waals surface area contributed by atoms with Crippen LogP contribution in [0, 0.1) is 11.3 Å². The van der Waals surface area contributed by atoms with Gasteiger partial charge in [-0.05, 0) is 44.2 Å². The van der Waals surface area contributed by atoms with Crippen LogP contribution in [0.15, 0.2) is 6.33 Å². The van der Waals surface area contributed by atoms with Gasteiger partial charge in [-0.15, -0.1) is 0 Å². The number of nitrogens with two attached hydrogens (primary N) is 1. The Morgan fingerprint density at radius 2 is 2.17 bits per heavy atom. The maximum Gasteiger partial charge on any atom is 0.226 e. The third kappa shape index (κ3) is 1.72. The van der Waals surface area contributed by atoms with Gasteiger partial charge in [-0.2, -0.15) is 9.97 Å². The van der Waals surface area contributed by atoms with Crippen LogP contribution in [0.3, 0.4) is 0 Å². The molecule has 0 radical (unpaired) electrons. The fourth-order valence-corrected chi connectivity index (χ4v) is 5.11. The molecule has 1 saturated heterocycles. The lowest BCUT2D eigenvalue weighted by atomic mass is 9.96. The number of halogens is 1. The first-order valence-corrected chi connectivity index (χ1v) is 8.75. The van der Waals surface area contributed by atoms with E-state index in [0.717, 1.165) is 12.8 Å². The van der Waals surface area contributed by atoms with Crippen molar-refractivity contribution in [1.29, 1.82) is 0 Å². The van der Waals surface area contributed by atoms with Crippen LogP contribution in [-0.4, -0.2) is 37.5 Å². The molecule has 2 saturated carbocycles. The van der Waals surface area contributed by atoms with Crippen LogP contribution in [-0.2, 0) is 9.47 Å². The van der Waals surface area contributed by atoms with Gasteiger partial charge in [-0.25, -0.2) is 4.98 Å². The topological polar surface area (TPSA) is 88.1 Å². The molecule has 0 aromatic carbocycles. The van der Waals surface area contributed by atoms with E-state index >= 15 is 0 Å². The number of imidazole rings is 1. The second-order valence-corrected chi connectivity index (χ2v) is 7.95. The van der Waals surface area contributed by atoms with E-state index in [1.807, 2.05) is 13.8 Å². The van der Waals surface area contributed by atoms with Gasteiger partial charge in [0.05, 0.1) is 18.5 Å². The van der Waals surface area contributed by atoms with Gasteiger partial charge in [0.15, 0.2) is 17.3 Å². The zero-order valence-electron chi connectivity index (χ0n) is 13.9. The van der Waals surface area contributed by atoms with E-state index in [9.17, 15) is 0 Å². The van der Waals surface area contributed by atoms with Crippen LogP contribution in [0.1, 0.15) is 39.7 Å². The van der Waals surface area contributed by atoms with E-state index < -0.39 is 5.79 Å². The molecule has 24 heavy (non-hydrogen) atoms. The molecule has 7 nitrogen and oxygen atoms in total. The smallest absolute Gasteiger partial charge is 0.226 e. The van der Waals surface area contributed by atoms with Crippen LogP contribution in [0.25, 0.3) is 11.2 Å². The van der Waals surface area contributed by atoms with Crippen LogP contribution in [0.4, 0.5) is 5.82 Å². The molecule has 8 heteroatoms. The van der Waals surface area contributed by atoms with Gasteiger partial charge in [0.1, 0.15) is 11.6 Å². The average Bonchev–Trinajstić information content (AvgIpc) is 2.78. The van der Waals surface area contributed by atoms with Crippen LogP contribution >= 0.6 is 11.6 Å². The van der Waals surface area contributed by atoms with E-state index in [4.69, 9.17) is 26.8 Å². The minimum Gasteiger partial charge on any atom is -0.382 e. The molecular weight excluding hydrogens is 330 g/mol. The van der Waals surface area contributed by atoms with Gasteiger partial charge in [0.2, 0.25) is 5.28 Å². The predicted molar refractivity (Wildman–Crippen MR) is 88.4 cm³/mol. The Morgan fingerprint density at radius 3 is 2.92 bits per heavy atom. The molecule has 3 heterocycles. The summed E-state index contributed by atoms with van der Waals surface area (Å²) in [6, 6.07) is 0.132. The lowest BCUT2D eigenvalue weighted by Crippen LogP contribution is -2.31. The Hall–Kier alpha value is -1.44. The van der Waals surface area contributed by atoms with Crippen molar-refractivity contribution in [1.82, 2.24) is 19.5 Å². The highest BCUT2D eigenvalue weighted by molar-refractivity contribution is 6.28. The van der Waals surface area contributed by atoms with Crippen molar-refractivity contribution in [3.63, 3.8) is 0 Å². The fourth-order valence-electron chi connectivity index (χ4n) is 4.94.